The van der Waals surface area contributed by atoms with Crippen molar-refractivity contribution in [3.8, 4) is 0 Å². The molecule has 2 rings (SSSR count). The molecule has 0 radical (unpaired) electrons. The third kappa shape index (κ3) is 5.59. The molecule has 88 valence electrons. The number of carbonyl (C=O) groups is 1. The molecule has 0 aromatic rings. The van der Waals surface area contributed by atoms with Crippen LogP contribution >= 0.6 is 0 Å². The first kappa shape index (κ1) is 12.3. The topological polar surface area (TPSA) is 64.6 Å². The predicted molar refractivity (Wildman–Crippen MR) is 59.2 cm³/mol. The Bertz CT molecular complexity index is 166. The average molecular weight is 215 g/mol. The van der Waals surface area contributed by atoms with Gasteiger partial charge in [-0.1, -0.05) is 0 Å². The van der Waals surface area contributed by atoms with Gasteiger partial charge in [0.25, 0.3) is 0 Å². The quantitative estimate of drug-likeness (QED) is 0.545. The van der Waals surface area contributed by atoms with Gasteiger partial charge >= 0.3 is 6.09 Å². The summed E-state index contributed by atoms with van der Waals surface area (Å²) in [5, 5.41) is 14.9. The van der Waals surface area contributed by atoms with Crippen molar-refractivity contribution in [3.63, 3.8) is 0 Å². The predicted octanol–water partition coefficient (Wildman–Crippen LogP) is 0.330. The van der Waals surface area contributed by atoms with Gasteiger partial charge in [0, 0.05) is 39.3 Å². The van der Waals surface area contributed by atoms with Gasteiger partial charge in [0.1, 0.15) is 0 Å². The van der Waals surface area contributed by atoms with E-state index in [9.17, 15) is 4.79 Å². The Morgan fingerprint density at radius 1 is 0.933 bits per heavy atom. The summed E-state index contributed by atoms with van der Waals surface area (Å²) in [5.41, 5.74) is 0. The highest BCUT2D eigenvalue weighted by atomic mass is 16.4. The van der Waals surface area contributed by atoms with E-state index in [1.54, 1.807) is 0 Å². The Labute approximate surface area is 90.8 Å². The van der Waals surface area contributed by atoms with Gasteiger partial charge in [0.2, 0.25) is 0 Å². The van der Waals surface area contributed by atoms with E-state index in [-0.39, 0.29) is 0 Å². The number of carboxylic acid groups (broad SMARTS) is 1. The van der Waals surface area contributed by atoms with Crippen molar-refractivity contribution in [3.05, 3.63) is 0 Å². The Hall–Kier alpha value is -0.810. The number of nitrogens with one attached hydrogen (secondary N) is 2. The summed E-state index contributed by atoms with van der Waals surface area (Å²) in [6.07, 6.45) is 2.48. The molecule has 0 aromatic carbocycles. The molecule has 5 heteroatoms. The van der Waals surface area contributed by atoms with Crippen molar-refractivity contribution in [1.29, 1.82) is 0 Å². The van der Waals surface area contributed by atoms with Gasteiger partial charge in [0.05, 0.1) is 0 Å². The van der Waals surface area contributed by atoms with Crippen LogP contribution in [0.25, 0.3) is 0 Å². The summed E-state index contributed by atoms with van der Waals surface area (Å²) in [7, 11) is 0. The number of hydrogen-bond acceptors (Lipinski definition) is 3. The van der Waals surface area contributed by atoms with Gasteiger partial charge in [-0.25, -0.2) is 4.79 Å². The molecule has 0 atom stereocenters. The largest absolute Gasteiger partial charge is 0.465 e. The fraction of sp³-hybridized carbons (Fsp3) is 0.900. The van der Waals surface area contributed by atoms with Crippen LogP contribution in [-0.2, 0) is 0 Å². The summed E-state index contributed by atoms with van der Waals surface area (Å²) < 4.78 is 0. The summed E-state index contributed by atoms with van der Waals surface area (Å²) in [6, 6.07) is 0. The SMILES string of the molecule is C1CNCCN1.O=C(O)N1CCCCC1. The average Bonchev–Trinajstić information content (AvgIpc) is 2.33. The smallest absolute Gasteiger partial charge is 0.407 e. The van der Waals surface area contributed by atoms with Crippen molar-refractivity contribution >= 4 is 6.09 Å². The van der Waals surface area contributed by atoms with Crippen LogP contribution in [0.2, 0.25) is 0 Å². The third-order valence-corrected chi connectivity index (χ3v) is 2.58. The van der Waals surface area contributed by atoms with E-state index in [1.165, 1.54) is 11.3 Å². The van der Waals surface area contributed by atoms with E-state index in [1.807, 2.05) is 0 Å². The van der Waals surface area contributed by atoms with Crippen LogP contribution in [-0.4, -0.2) is 55.4 Å². The number of piperazine rings is 1. The number of nitrogens with zero attached hydrogens (tertiary/aromatic N) is 1. The van der Waals surface area contributed by atoms with Gasteiger partial charge in [-0.15, -0.1) is 0 Å². The molecule has 0 unspecified atom stereocenters. The monoisotopic (exact) mass is 215 g/mol. The molecule has 2 saturated heterocycles. The van der Waals surface area contributed by atoms with E-state index in [4.69, 9.17) is 5.11 Å². The first-order chi connectivity index (χ1) is 7.30. The molecule has 0 saturated carbocycles. The molecule has 2 aliphatic heterocycles. The Balaban J connectivity index is 0.000000162. The van der Waals surface area contributed by atoms with Gasteiger partial charge in [-0.2, -0.15) is 0 Å². The van der Waals surface area contributed by atoms with E-state index in [0.717, 1.165) is 52.1 Å². The van der Waals surface area contributed by atoms with Crippen LogP contribution in [0.15, 0.2) is 0 Å². The fourth-order valence-electron chi connectivity index (χ4n) is 1.69. The molecular formula is C10H21N3O2. The molecule has 2 heterocycles. The lowest BCUT2D eigenvalue weighted by Gasteiger charge is -2.22. The second kappa shape index (κ2) is 7.48. The zero-order valence-corrected chi connectivity index (χ0v) is 9.17. The van der Waals surface area contributed by atoms with Gasteiger partial charge in [-0.05, 0) is 19.3 Å². The van der Waals surface area contributed by atoms with Gasteiger partial charge in [0.15, 0.2) is 0 Å². The zero-order chi connectivity index (χ0) is 10.9. The first-order valence-corrected chi connectivity index (χ1v) is 5.70. The van der Waals surface area contributed by atoms with E-state index >= 15 is 0 Å². The minimum absolute atomic E-state index is 0.731. The molecular weight excluding hydrogens is 194 g/mol. The van der Waals surface area contributed by atoms with Crippen LogP contribution in [0.1, 0.15) is 19.3 Å². The summed E-state index contributed by atoms with van der Waals surface area (Å²) in [4.78, 5) is 11.8. The number of piperidine rings is 1. The summed E-state index contributed by atoms with van der Waals surface area (Å²) >= 11 is 0. The number of rotatable bonds is 0. The lowest BCUT2D eigenvalue weighted by atomic mass is 10.1. The van der Waals surface area contributed by atoms with E-state index in [2.05, 4.69) is 10.6 Å². The molecule has 2 aliphatic rings. The molecule has 0 bridgehead atoms. The van der Waals surface area contributed by atoms with Crippen LogP contribution < -0.4 is 10.6 Å². The van der Waals surface area contributed by atoms with E-state index in [0.29, 0.717) is 0 Å². The molecule has 3 N–H and O–H groups in total. The molecule has 0 aromatic heterocycles. The maximum atomic E-state index is 10.3. The lowest BCUT2D eigenvalue weighted by Crippen LogP contribution is -2.39. The second-order valence-electron chi connectivity index (χ2n) is 3.83. The highest BCUT2D eigenvalue weighted by Crippen LogP contribution is 2.07. The summed E-state index contributed by atoms with van der Waals surface area (Å²) in [5.74, 6) is 0. The highest BCUT2D eigenvalue weighted by molar-refractivity contribution is 5.64. The van der Waals surface area contributed by atoms with Gasteiger partial charge in [-0.3, -0.25) is 0 Å². The lowest BCUT2D eigenvalue weighted by molar-refractivity contribution is 0.136. The molecule has 5 nitrogen and oxygen atoms in total. The number of likely N-dealkylation sites (tertiary alicyclic amines) is 1. The van der Waals surface area contributed by atoms with Crippen LogP contribution in [0.3, 0.4) is 0 Å². The first-order valence-electron chi connectivity index (χ1n) is 5.70. The van der Waals surface area contributed by atoms with Crippen molar-refractivity contribution < 1.29 is 9.90 Å². The van der Waals surface area contributed by atoms with E-state index < -0.39 is 6.09 Å². The highest BCUT2D eigenvalue weighted by Gasteiger charge is 2.13. The maximum absolute atomic E-state index is 10.3. The molecule has 0 spiro atoms. The van der Waals surface area contributed by atoms with Crippen molar-refractivity contribution in [2.75, 3.05) is 39.3 Å². The maximum Gasteiger partial charge on any atom is 0.407 e. The van der Waals surface area contributed by atoms with Crippen LogP contribution in [0.4, 0.5) is 4.79 Å². The molecule has 2 fully saturated rings. The van der Waals surface area contributed by atoms with Crippen LogP contribution in [0.5, 0.6) is 0 Å². The third-order valence-electron chi connectivity index (χ3n) is 2.58. The molecule has 0 aliphatic carbocycles. The number of amides is 1. The van der Waals surface area contributed by atoms with Crippen LogP contribution in [0, 0.1) is 0 Å². The Morgan fingerprint density at radius 3 is 1.67 bits per heavy atom. The standard InChI is InChI=1S/C6H11NO2.C4H10N2/c8-6(9)7-4-2-1-3-5-7;1-2-6-4-3-5-1/h1-5H2,(H,8,9);5-6H,1-4H2. The summed E-state index contributed by atoms with van der Waals surface area (Å²) in [6.45, 7) is 6.02. The Morgan fingerprint density at radius 2 is 1.40 bits per heavy atom. The fourth-order valence-corrected chi connectivity index (χ4v) is 1.69. The van der Waals surface area contributed by atoms with Crippen molar-refractivity contribution in [2.24, 2.45) is 0 Å². The zero-order valence-electron chi connectivity index (χ0n) is 9.17. The second-order valence-corrected chi connectivity index (χ2v) is 3.83. The minimum atomic E-state index is -0.769. The van der Waals surface area contributed by atoms with Gasteiger partial charge < -0.3 is 20.6 Å². The number of hydrogen-bond donors (Lipinski definition) is 3. The normalized spacial score (nSPS) is 21.5. The Kier molecular flexibility index (Phi) is 6.11. The molecule has 15 heavy (non-hydrogen) atoms. The minimum Gasteiger partial charge on any atom is -0.465 e. The molecule has 1 amide bonds. The van der Waals surface area contributed by atoms with Crippen molar-refractivity contribution in [2.45, 2.75) is 19.3 Å². The van der Waals surface area contributed by atoms with Crippen molar-refractivity contribution in [1.82, 2.24) is 15.5 Å².